The van der Waals surface area contributed by atoms with Crippen molar-refractivity contribution in [3.63, 3.8) is 0 Å². The maximum atomic E-state index is 13.3. The molecule has 0 aromatic carbocycles. The van der Waals surface area contributed by atoms with Crippen LogP contribution in [0.25, 0.3) is 0 Å². The van der Waals surface area contributed by atoms with Crippen LogP contribution in [0.5, 0.6) is 0 Å². The van der Waals surface area contributed by atoms with Crippen molar-refractivity contribution >= 4 is 29.5 Å². The number of rotatable bonds is 72. The normalized spacial score (nSPS) is 11.5. The van der Waals surface area contributed by atoms with Crippen molar-refractivity contribution in [2.75, 3.05) is 105 Å². The Morgan fingerprint density at radius 2 is 0.352 bits per heavy atom. The molecule has 0 saturated heterocycles. The first-order chi connectivity index (χ1) is 43.2. The second kappa shape index (κ2) is 70.1. The minimum atomic E-state index is 0.0654. The first-order valence-corrected chi connectivity index (χ1v) is 38.4. The predicted molar refractivity (Wildman–Crippen MR) is 377 cm³/mol. The highest BCUT2D eigenvalue weighted by molar-refractivity contribution is 5.77. The number of carbonyl (C=O) groups is 5. The van der Waals surface area contributed by atoms with E-state index in [0.29, 0.717) is 117 Å². The fourth-order valence-electron chi connectivity index (χ4n) is 11.6. The van der Waals surface area contributed by atoms with E-state index in [9.17, 15) is 24.0 Å². The monoisotopic (exact) mass is 1240 g/mol. The number of hydrogen-bond donors (Lipinski definition) is 6. The Labute approximate surface area is 545 Å². The number of amides is 5. The van der Waals surface area contributed by atoms with Crippen molar-refractivity contribution in [2.45, 2.75) is 343 Å². The Kier molecular flexibility index (Phi) is 67.8. The molecule has 14 heteroatoms. The molecule has 520 valence electrons. The maximum absolute atomic E-state index is 13.3. The number of unbranched alkanes of at least 4 members (excludes halogenated alkanes) is 38. The van der Waals surface area contributed by atoms with Crippen molar-refractivity contribution < 1.29 is 24.0 Å². The van der Waals surface area contributed by atoms with E-state index in [2.05, 4.69) is 81.2 Å². The van der Waals surface area contributed by atoms with Crippen LogP contribution in [0, 0.1) is 0 Å². The molecular weight excluding hydrogens is 1090 g/mol. The van der Waals surface area contributed by atoms with Gasteiger partial charge in [-0.15, -0.1) is 0 Å². The minimum absolute atomic E-state index is 0.0654. The highest BCUT2D eigenvalue weighted by Crippen LogP contribution is 2.14. The van der Waals surface area contributed by atoms with Crippen molar-refractivity contribution in [1.82, 2.24) is 46.6 Å². The van der Waals surface area contributed by atoms with Gasteiger partial charge in [0.1, 0.15) is 0 Å². The van der Waals surface area contributed by atoms with E-state index in [4.69, 9.17) is 0 Å². The average Bonchev–Trinajstić information content (AvgIpc) is 3.53. The first kappa shape index (κ1) is 85.2. The van der Waals surface area contributed by atoms with E-state index in [1.807, 2.05) is 0 Å². The molecule has 0 atom stereocenters. The van der Waals surface area contributed by atoms with E-state index in [-0.39, 0.29) is 29.5 Å². The van der Waals surface area contributed by atoms with E-state index < -0.39 is 0 Å². The van der Waals surface area contributed by atoms with Crippen molar-refractivity contribution in [3.8, 4) is 0 Å². The van der Waals surface area contributed by atoms with Gasteiger partial charge in [0.05, 0.1) is 0 Å². The molecule has 0 radical (unpaired) electrons. The van der Waals surface area contributed by atoms with Gasteiger partial charge in [-0.1, -0.05) is 279 Å². The molecule has 88 heavy (non-hydrogen) atoms. The maximum Gasteiger partial charge on any atom is 0.221 e. The summed E-state index contributed by atoms with van der Waals surface area (Å²) in [5.41, 5.74) is 0. The van der Waals surface area contributed by atoms with Crippen LogP contribution < -0.4 is 31.9 Å². The molecule has 14 nitrogen and oxygen atoms in total. The van der Waals surface area contributed by atoms with Crippen LogP contribution in [0.2, 0.25) is 0 Å². The molecule has 6 N–H and O–H groups in total. The molecule has 0 aromatic heterocycles. The summed E-state index contributed by atoms with van der Waals surface area (Å²) in [7, 11) is 0. The van der Waals surface area contributed by atoms with Crippen molar-refractivity contribution in [1.29, 1.82) is 0 Å². The molecule has 0 fully saturated rings. The van der Waals surface area contributed by atoms with Gasteiger partial charge in [-0.3, -0.25) is 24.0 Å². The summed E-state index contributed by atoms with van der Waals surface area (Å²) in [5.74, 6) is 0.368. The summed E-state index contributed by atoms with van der Waals surface area (Å²) in [6.45, 7) is 22.1. The summed E-state index contributed by atoms with van der Waals surface area (Å²) in [4.78, 5) is 72.9. The molecule has 0 bridgehead atoms. The van der Waals surface area contributed by atoms with Crippen LogP contribution in [0.4, 0.5) is 0 Å². The third-order valence-corrected chi connectivity index (χ3v) is 17.7. The van der Waals surface area contributed by atoms with Crippen LogP contribution in [0.1, 0.15) is 343 Å². The zero-order valence-corrected chi connectivity index (χ0v) is 59.1. The molecule has 0 unspecified atom stereocenters. The zero-order chi connectivity index (χ0) is 64.1. The SMILES string of the molecule is CCCCCCCCCCCNC(=O)CCN(CCNCCN(CCC(=O)NCCCCCCCCCCC)CCN(CCC(=O)NCCCCCCCCCC)CCC(=O)NCCCCCCCCCCC)CCC(=O)NCCCCCCCCCC. The van der Waals surface area contributed by atoms with E-state index >= 15 is 0 Å². The third-order valence-electron chi connectivity index (χ3n) is 17.7. The van der Waals surface area contributed by atoms with Crippen LogP contribution in [-0.4, -0.2) is 149 Å². The second-order valence-corrected chi connectivity index (χ2v) is 26.2. The molecular formula is C74H149N9O5. The van der Waals surface area contributed by atoms with Crippen LogP contribution in [0.15, 0.2) is 0 Å². The van der Waals surface area contributed by atoms with Gasteiger partial charge in [-0.2, -0.15) is 0 Å². The molecule has 0 heterocycles. The van der Waals surface area contributed by atoms with Gasteiger partial charge >= 0.3 is 0 Å². The van der Waals surface area contributed by atoms with Gasteiger partial charge in [-0.05, 0) is 32.1 Å². The molecule has 0 aliphatic heterocycles. The molecule has 0 aromatic rings. The fourth-order valence-corrected chi connectivity index (χ4v) is 11.6. The number of nitrogens with zero attached hydrogens (tertiary/aromatic N) is 3. The van der Waals surface area contributed by atoms with E-state index in [0.717, 1.165) is 83.8 Å². The largest absolute Gasteiger partial charge is 0.356 e. The topological polar surface area (TPSA) is 167 Å². The van der Waals surface area contributed by atoms with Gasteiger partial charge in [-0.25, -0.2) is 0 Å². The van der Waals surface area contributed by atoms with Crippen molar-refractivity contribution in [3.05, 3.63) is 0 Å². The van der Waals surface area contributed by atoms with Crippen LogP contribution >= 0.6 is 0 Å². The standard InChI is InChI=1S/C74H149N9O5/c1-6-11-16-21-26-31-36-41-46-55-77-71(85)50-62-81(61-49-70(84)76-54-44-39-34-29-24-19-14-9-4)66-59-75-60-67-83(65-53-74(88)80-58-48-43-38-33-28-23-18-13-8-3)69-68-82(63-51-72(86)78-56-45-40-35-30-25-20-15-10-5)64-52-73(87)79-57-47-42-37-32-27-22-17-12-7-2/h75H,6-69H2,1-5H3,(H,76,84)(H,77,85)(H,78,86)(H,79,87)(H,80,88). The second-order valence-electron chi connectivity index (χ2n) is 26.2. The van der Waals surface area contributed by atoms with Crippen molar-refractivity contribution in [2.24, 2.45) is 0 Å². The summed E-state index contributed by atoms with van der Waals surface area (Å²) < 4.78 is 0. The van der Waals surface area contributed by atoms with Gasteiger partial charge in [0, 0.05) is 137 Å². The number of carbonyl (C=O) groups excluding carboxylic acids is 5. The molecule has 0 saturated carbocycles. The Morgan fingerprint density at radius 3 is 0.545 bits per heavy atom. The molecule has 5 amide bonds. The van der Waals surface area contributed by atoms with Gasteiger partial charge in [0.25, 0.3) is 0 Å². The molecule has 0 aliphatic rings. The number of nitrogens with one attached hydrogen (secondary N) is 6. The van der Waals surface area contributed by atoms with Crippen LogP contribution in [-0.2, 0) is 24.0 Å². The summed E-state index contributed by atoms with van der Waals surface area (Å²) in [5, 5.41) is 19.6. The van der Waals surface area contributed by atoms with Crippen LogP contribution in [0.3, 0.4) is 0 Å². The predicted octanol–water partition coefficient (Wildman–Crippen LogP) is 15.9. The summed E-state index contributed by atoms with van der Waals surface area (Å²) >= 11 is 0. The van der Waals surface area contributed by atoms with E-state index in [1.54, 1.807) is 0 Å². The number of hydrogen-bond acceptors (Lipinski definition) is 9. The highest BCUT2D eigenvalue weighted by Gasteiger charge is 2.16. The fraction of sp³-hybridized carbons (Fsp3) is 0.932. The Morgan fingerprint density at radius 1 is 0.193 bits per heavy atom. The lowest BCUT2D eigenvalue weighted by atomic mass is 10.1. The van der Waals surface area contributed by atoms with Gasteiger partial charge < -0.3 is 46.6 Å². The third kappa shape index (κ3) is 64.7. The molecule has 0 spiro atoms. The molecule has 0 aliphatic carbocycles. The van der Waals surface area contributed by atoms with Gasteiger partial charge in [0.15, 0.2) is 0 Å². The Bertz CT molecular complexity index is 1520. The zero-order valence-electron chi connectivity index (χ0n) is 59.1. The highest BCUT2D eigenvalue weighted by atomic mass is 16.2. The lowest BCUT2D eigenvalue weighted by Gasteiger charge is -2.28. The lowest BCUT2D eigenvalue weighted by Crippen LogP contribution is -2.43. The lowest BCUT2D eigenvalue weighted by molar-refractivity contribution is -0.123. The Hall–Kier alpha value is -2.81. The molecule has 0 rings (SSSR count). The van der Waals surface area contributed by atoms with Gasteiger partial charge in [0.2, 0.25) is 29.5 Å². The summed E-state index contributed by atoms with van der Waals surface area (Å²) in [6.07, 6.45) is 55.5. The first-order valence-electron chi connectivity index (χ1n) is 38.4. The van der Waals surface area contributed by atoms with E-state index in [1.165, 1.54) is 212 Å². The minimum Gasteiger partial charge on any atom is -0.356 e. The summed E-state index contributed by atoms with van der Waals surface area (Å²) in [6, 6.07) is 0. The average molecular weight is 1250 g/mol. The smallest absolute Gasteiger partial charge is 0.221 e. The quantitative estimate of drug-likeness (QED) is 0.0325. The Balaban J connectivity index is 5.79.